The van der Waals surface area contributed by atoms with Gasteiger partial charge < -0.3 is 14.8 Å². The van der Waals surface area contributed by atoms with E-state index in [2.05, 4.69) is 19.9 Å². The molecule has 0 spiro atoms. The maximum absolute atomic E-state index is 12.7. The van der Waals surface area contributed by atoms with Gasteiger partial charge in [-0.2, -0.15) is 0 Å². The third-order valence-corrected chi connectivity index (χ3v) is 8.30. The number of likely N-dealkylation sites (tertiary alicyclic amines) is 1. The second kappa shape index (κ2) is 7.02. The Morgan fingerprint density at radius 1 is 1.32 bits per heavy atom. The Bertz CT molecular complexity index is 974. The van der Waals surface area contributed by atoms with Gasteiger partial charge in [0.1, 0.15) is 17.8 Å². The second-order valence-corrected chi connectivity index (χ2v) is 10.7. The fourth-order valence-corrected chi connectivity index (χ4v) is 6.16. The summed E-state index contributed by atoms with van der Waals surface area (Å²) in [5, 5.41) is 0.582. The Hall–Kier alpha value is -2.16. The molecule has 0 atom stereocenters. The van der Waals surface area contributed by atoms with Crippen LogP contribution in [-0.2, 0) is 14.6 Å². The quantitative estimate of drug-likeness (QED) is 0.781. The lowest BCUT2D eigenvalue weighted by molar-refractivity contribution is -0.137. The molecule has 3 heterocycles. The van der Waals surface area contributed by atoms with E-state index in [0.29, 0.717) is 13.1 Å². The molecule has 4 rings (SSSR count). The van der Waals surface area contributed by atoms with Crippen molar-refractivity contribution in [2.75, 3.05) is 30.8 Å². The molecule has 2 aliphatic rings. The van der Waals surface area contributed by atoms with Gasteiger partial charge in [-0.15, -0.1) is 0 Å². The van der Waals surface area contributed by atoms with Crippen molar-refractivity contribution in [3.63, 3.8) is 0 Å². The van der Waals surface area contributed by atoms with Gasteiger partial charge >= 0.3 is 0 Å². The molecule has 8 nitrogen and oxygen atoms in total. The summed E-state index contributed by atoms with van der Waals surface area (Å²) in [6.45, 7) is 4.38. The number of carbonyl (C=O) groups is 1. The Balaban J connectivity index is 1.31. The normalized spacial score (nSPS) is 22.9. The summed E-state index contributed by atoms with van der Waals surface area (Å²) in [5.74, 6) is 1.22. The molecule has 1 saturated heterocycles. The second-order valence-electron chi connectivity index (χ2n) is 8.39. The number of hydrogen-bond donors (Lipinski definition) is 1. The lowest BCUT2D eigenvalue weighted by Gasteiger charge is -2.44. The minimum absolute atomic E-state index is 0.0395. The summed E-state index contributed by atoms with van der Waals surface area (Å²) in [4.78, 5) is 27.4. The van der Waals surface area contributed by atoms with Gasteiger partial charge in [-0.25, -0.2) is 18.4 Å². The number of sulfone groups is 1. The van der Waals surface area contributed by atoms with Gasteiger partial charge in [0, 0.05) is 38.3 Å². The Kier molecular flexibility index (Phi) is 4.81. The molecule has 2 aromatic rings. The highest BCUT2D eigenvalue weighted by Gasteiger charge is 2.43. The molecule has 9 heteroatoms. The molecular weight excluding hydrogens is 378 g/mol. The molecule has 0 aromatic carbocycles. The van der Waals surface area contributed by atoms with Crippen LogP contribution in [-0.4, -0.2) is 71.4 Å². The van der Waals surface area contributed by atoms with E-state index in [0.717, 1.165) is 29.7 Å². The van der Waals surface area contributed by atoms with Gasteiger partial charge in [0.15, 0.2) is 9.84 Å². The van der Waals surface area contributed by atoms with Crippen LogP contribution in [0, 0.1) is 11.8 Å². The highest BCUT2D eigenvalue weighted by atomic mass is 32.2. The Morgan fingerprint density at radius 3 is 2.71 bits per heavy atom. The van der Waals surface area contributed by atoms with Gasteiger partial charge in [-0.3, -0.25) is 4.79 Å². The predicted octanol–water partition coefficient (Wildman–Crippen LogP) is 1.45. The van der Waals surface area contributed by atoms with Crippen molar-refractivity contribution in [3.8, 4) is 0 Å². The maximum Gasteiger partial charge on any atom is 0.225 e. The van der Waals surface area contributed by atoms with Crippen LogP contribution in [0.3, 0.4) is 0 Å². The number of H-pyrrole nitrogens is 1. The molecule has 28 heavy (non-hydrogen) atoms. The van der Waals surface area contributed by atoms with Gasteiger partial charge in [-0.05, 0) is 24.8 Å². The molecular formula is C19H27N5O3S. The van der Waals surface area contributed by atoms with Crippen LogP contribution in [0.1, 0.15) is 26.7 Å². The van der Waals surface area contributed by atoms with E-state index < -0.39 is 15.1 Å². The average molecular weight is 406 g/mol. The minimum Gasteiger partial charge on any atom is -0.356 e. The fourth-order valence-electron chi connectivity index (χ4n) is 4.14. The molecule has 1 aliphatic carbocycles. The summed E-state index contributed by atoms with van der Waals surface area (Å²) < 4.78 is 25.3. The average Bonchev–Trinajstić information content (AvgIpc) is 3.04. The van der Waals surface area contributed by atoms with Crippen molar-refractivity contribution in [1.29, 1.82) is 0 Å². The number of fused-ring (bicyclic) bond motifs is 1. The van der Waals surface area contributed by atoms with Gasteiger partial charge in [0.05, 0.1) is 16.4 Å². The summed E-state index contributed by atoms with van der Waals surface area (Å²) in [6.07, 6.45) is 5.07. The Labute approximate surface area is 165 Å². The monoisotopic (exact) mass is 405 g/mol. The number of anilines is 1. The zero-order chi connectivity index (χ0) is 20.1. The molecule has 2 aromatic heterocycles. The Morgan fingerprint density at radius 2 is 2.04 bits per heavy atom. The topological polar surface area (TPSA) is 99.3 Å². The largest absolute Gasteiger partial charge is 0.356 e. The fraction of sp³-hybridized carbons (Fsp3) is 0.632. The molecule has 1 aliphatic heterocycles. The third-order valence-electron chi connectivity index (χ3n) is 6.06. The number of nitrogens with zero attached hydrogens (tertiary/aromatic N) is 4. The van der Waals surface area contributed by atoms with E-state index in [-0.39, 0.29) is 29.5 Å². The highest BCUT2D eigenvalue weighted by molar-refractivity contribution is 7.92. The van der Waals surface area contributed by atoms with Crippen LogP contribution in [0.5, 0.6) is 0 Å². The minimum atomic E-state index is -3.16. The summed E-state index contributed by atoms with van der Waals surface area (Å²) in [7, 11) is -1.15. The standard InChI is InChI=1S/C19H27N5O3S/c1-12(2)19(25)24-8-15(9-24)28(26,27)10-13-6-14(7-13)23(3)18-16-4-5-20-17(16)21-11-22-18/h4-5,11-15H,6-10H2,1-3H3,(H,20,21,22)/t13-,14+. The van der Waals surface area contributed by atoms with Crippen molar-refractivity contribution in [3.05, 3.63) is 18.6 Å². The molecule has 1 amide bonds. The molecule has 0 unspecified atom stereocenters. The van der Waals surface area contributed by atoms with E-state index in [1.54, 1.807) is 11.2 Å². The molecule has 1 N–H and O–H groups in total. The number of rotatable bonds is 6. The number of amides is 1. The van der Waals surface area contributed by atoms with Crippen LogP contribution in [0.15, 0.2) is 18.6 Å². The van der Waals surface area contributed by atoms with Crippen LogP contribution >= 0.6 is 0 Å². The number of aromatic nitrogens is 3. The summed E-state index contributed by atoms with van der Waals surface area (Å²) >= 11 is 0. The van der Waals surface area contributed by atoms with Crippen molar-refractivity contribution < 1.29 is 13.2 Å². The molecule has 152 valence electrons. The summed E-state index contributed by atoms with van der Waals surface area (Å²) in [5.41, 5.74) is 0.806. The number of nitrogens with one attached hydrogen (secondary N) is 1. The van der Waals surface area contributed by atoms with Crippen LogP contribution < -0.4 is 4.90 Å². The first-order valence-corrected chi connectivity index (χ1v) is 11.5. The van der Waals surface area contributed by atoms with Crippen molar-refractivity contribution in [2.24, 2.45) is 11.8 Å². The molecule has 0 radical (unpaired) electrons. The van der Waals surface area contributed by atoms with E-state index in [1.165, 1.54) is 0 Å². The van der Waals surface area contributed by atoms with Crippen LogP contribution in [0.25, 0.3) is 11.0 Å². The van der Waals surface area contributed by atoms with Crippen molar-refractivity contribution in [2.45, 2.75) is 38.0 Å². The lowest BCUT2D eigenvalue weighted by atomic mass is 9.81. The van der Waals surface area contributed by atoms with Crippen molar-refractivity contribution >= 4 is 32.6 Å². The summed E-state index contributed by atoms with van der Waals surface area (Å²) in [6, 6.07) is 2.25. The van der Waals surface area contributed by atoms with E-state index in [4.69, 9.17) is 0 Å². The molecule has 0 bridgehead atoms. The number of hydrogen-bond acceptors (Lipinski definition) is 6. The first kappa shape index (κ1) is 19.2. The SMILES string of the molecule is CC(C)C(=O)N1CC(S(=O)(=O)C[C@H]2C[C@@H](N(C)c3ncnc4[nH]ccc34)C2)C1. The van der Waals surface area contributed by atoms with E-state index in [1.807, 2.05) is 33.2 Å². The van der Waals surface area contributed by atoms with Crippen LogP contribution in [0.4, 0.5) is 5.82 Å². The van der Waals surface area contributed by atoms with Gasteiger partial charge in [0.2, 0.25) is 5.91 Å². The predicted molar refractivity (Wildman–Crippen MR) is 108 cm³/mol. The smallest absolute Gasteiger partial charge is 0.225 e. The van der Waals surface area contributed by atoms with Gasteiger partial charge in [0.25, 0.3) is 0 Å². The number of carbonyl (C=O) groups excluding carboxylic acids is 1. The lowest BCUT2D eigenvalue weighted by Crippen LogP contribution is -2.59. The number of aromatic amines is 1. The van der Waals surface area contributed by atoms with E-state index >= 15 is 0 Å². The molecule has 1 saturated carbocycles. The first-order valence-electron chi connectivity index (χ1n) is 9.77. The van der Waals surface area contributed by atoms with E-state index in [9.17, 15) is 13.2 Å². The zero-order valence-electron chi connectivity index (χ0n) is 16.5. The van der Waals surface area contributed by atoms with Crippen molar-refractivity contribution in [1.82, 2.24) is 19.9 Å². The van der Waals surface area contributed by atoms with Gasteiger partial charge in [-0.1, -0.05) is 13.8 Å². The maximum atomic E-state index is 12.7. The first-order chi connectivity index (χ1) is 13.3. The highest BCUT2D eigenvalue weighted by Crippen LogP contribution is 2.36. The zero-order valence-corrected chi connectivity index (χ0v) is 17.3. The molecule has 2 fully saturated rings. The van der Waals surface area contributed by atoms with Crippen LogP contribution in [0.2, 0.25) is 0 Å². The third kappa shape index (κ3) is 3.36.